The molecule has 0 unspecified atom stereocenters. The van der Waals surface area contributed by atoms with E-state index in [1.165, 1.54) is 22.9 Å². The minimum atomic E-state index is -0.337. The Kier molecular flexibility index (Phi) is 6.46. The Bertz CT molecular complexity index is 1440. The third kappa shape index (κ3) is 4.49. The summed E-state index contributed by atoms with van der Waals surface area (Å²) in [7, 11) is 0. The fourth-order valence-electron chi connectivity index (χ4n) is 4.02. The average Bonchev–Trinajstić information content (AvgIpc) is 3.23. The number of aromatic nitrogens is 2. The number of carbonyl (C=O) groups excluding carboxylic acids is 1. The molecule has 2 N–H and O–H groups in total. The third-order valence-corrected chi connectivity index (χ3v) is 7.76. The summed E-state index contributed by atoms with van der Waals surface area (Å²) < 4.78 is 1.60. The summed E-state index contributed by atoms with van der Waals surface area (Å²) in [5.41, 5.74) is 4.74. The molecule has 2 aromatic carbocycles. The van der Waals surface area contributed by atoms with Crippen LogP contribution in [0, 0.1) is 0 Å². The topological polar surface area (TPSA) is 96.6 Å². The second kappa shape index (κ2) is 9.82. The number of benzene rings is 2. The molecule has 0 saturated carbocycles. The molecule has 0 aliphatic heterocycles. The molecule has 1 amide bonds. The van der Waals surface area contributed by atoms with Gasteiger partial charge in [0, 0.05) is 10.4 Å². The number of para-hydroxylation sites is 2. The molecule has 0 bridgehead atoms. The molecule has 7 nitrogen and oxygen atoms in total. The van der Waals surface area contributed by atoms with E-state index in [1.807, 2.05) is 30.3 Å². The highest BCUT2D eigenvalue weighted by molar-refractivity contribution is 7.99. The van der Waals surface area contributed by atoms with Gasteiger partial charge in [0.25, 0.3) is 11.5 Å². The van der Waals surface area contributed by atoms with Crippen molar-refractivity contribution >= 4 is 45.4 Å². The molecule has 0 spiro atoms. The van der Waals surface area contributed by atoms with E-state index in [9.17, 15) is 14.7 Å². The van der Waals surface area contributed by atoms with Gasteiger partial charge in [-0.05, 0) is 55.5 Å². The van der Waals surface area contributed by atoms with Crippen LogP contribution in [0.5, 0.6) is 5.75 Å². The fraction of sp³-hybridized carbons (Fsp3) is 0.200. The molecular weight excluding hydrogens is 468 g/mol. The van der Waals surface area contributed by atoms with Gasteiger partial charge in [-0.2, -0.15) is 5.10 Å². The van der Waals surface area contributed by atoms with Crippen LogP contribution in [-0.4, -0.2) is 32.5 Å². The molecule has 0 atom stereocenters. The molecule has 34 heavy (non-hydrogen) atoms. The van der Waals surface area contributed by atoms with Crippen molar-refractivity contribution in [3.63, 3.8) is 0 Å². The van der Waals surface area contributed by atoms with Crippen molar-refractivity contribution in [2.45, 2.75) is 30.8 Å². The van der Waals surface area contributed by atoms with E-state index in [0.717, 1.165) is 41.8 Å². The maximum absolute atomic E-state index is 13.7. The van der Waals surface area contributed by atoms with Gasteiger partial charge >= 0.3 is 0 Å². The van der Waals surface area contributed by atoms with Crippen molar-refractivity contribution in [1.82, 2.24) is 15.0 Å². The molecule has 5 rings (SSSR count). The monoisotopic (exact) mass is 490 g/mol. The zero-order valence-corrected chi connectivity index (χ0v) is 19.9. The summed E-state index contributed by atoms with van der Waals surface area (Å²) in [5, 5.41) is 14.9. The van der Waals surface area contributed by atoms with Crippen molar-refractivity contribution < 1.29 is 9.90 Å². The van der Waals surface area contributed by atoms with Gasteiger partial charge in [-0.15, -0.1) is 11.3 Å². The number of aryl methyl sites for hydroxylation is 2. The number of phenols is 1. The number of phenolic OH excluding ortho intramolecular Hbond substituents is 1. The van der Waals surface area contributed by atoms with Gasteiger partial charge in [-0.1, -0.05) is 42.1 Å². The lowest BCUT2D eigenvalue weighted by Crippen LogP contribution is -2.24. The number of carbonyl (C=O) groups is 1. The smallest absolute Gasteiger partial charge is 0.267 e. The van der Waals surface area contributed by atoms with Crippen LogP contribution in [0.4, 0.5) is 0 Å². The first-order valence-corrected chi connectivity index (χ1v) is 12.8. The molecule has 2 heterocycles. The van der Waals surface area contributed by atoms with E-state index < -0.39 is 0 Å². The Morgan fingerprint density at radius 3 is 2.74 bits per heavy atom. The largest absolute Gasteiger partial charge is 0.507 e. The minimum Gasteiger partial charge on any atom is -0.507 e. The Labute approximate surface area is 204 Å². The Morgan fingerprint density at radius 2 is 1.91 bits per heavy atom. The average molecular weight is 491 g/mol. The number of hydrazone groups is 1. The van der Waals surface area contributed by atoms with Crippen molar-refractivity contribution in [3.05, 3.63) is 81.0 Å². The van der Waals surface area contributed by atoms with Gasteiger partial charge in [-0.25, -0.2) is 10.4 Å². The zero-order valence-electron chi connectivity index (χ0n) is 18.2. The first-order valence-electron chi connectivity index (χ1n) is 11.0. The molecule has 1 aliphatic carbocycles. The number of nitrogens with one attached hydrogen (secondary N) is 1. The Balaban J connectivity index is 1.42. The van der Waals surface area contributed by atoms with Gasteiger partial charge in [0.1, 0.15) is 10.6 Å². The third-order valence-electron chi connectivity index (χ3n) is 5.63. The molecule has 2 aromatic heterocycles. The Morgan fingerprint density at radius 1 is 1.15 bits per heavy atom. The maximum Gasteiger partial charge on any atom is 0.267 e. The standard InChI is InChI=1S/C25H22N4O3S2/c30-19-12-6-4-8-16(19)14-26-28-21(31)15-33-25-27-23-22(18-11-5-7-13-20(18)34-23)24(32)29(25)17-9-2-1-3-10-17/h1-4,6,8-10,12,14,30H,5,7,11,13,15H2,(H,28,31). The van der Waals surface area contributed by atoms with E-state index in [-0.39, 0.29) is 23.0 Å². The van der Waals surface area contributed by atoms with Crippen LogP contribution in [0.2, 0.25) is 0 Å². The molecule has 172 valence electrons. The van der Waals surface area contributed by atoms with E-state index in [2.05, 4.69) is 10.5 Å². The predicted octanol–water partition coefficient (Wildman–Crippen LogP) is 4.27. The molecule has 4 aromatic rings. The summed E-state index contributed by atoms with van der Waals surface area (Å²) in [6.45, 7) is 0. The number of fused-ring (bicyclic) bond motifs is 3. The van der Waals surface area contributed by atoms with Crippen molar-refractivity contribution in [2.75, 3.05) is 5.75 Å². The van der Waals surface area contributed by atoms with Gasteiger partial charge in [0.2, 0.25) is 0 Å². The molecule has 0 saturated heterocycles. The molecule has 9 heteroatoms. The van der Waals surface area contributed by atoms with E-state index in [4.69, 9.17) is 4.98 Å². The van der Waals surface area contributed by atoms with Crippen LogP contribution >= 0.6 is 23.1 Å². The van der Waals surface area contributed by atoms with Gasteiger partial charge < -0.3 is 5.11 Å². The van der Waals surface area contributed by atoms with Crippen LogP contribution in [-0.2, 0) is 17.6 Å². The van der Waals surface area contributed by atoms with Crippen LogP contribution < -0.4 is 11.0 Å². The second-order valence-electron chi connectivity index (χ2n) is 7.90. The Hall–Kier alpha value is -3.43. The van der Waals surface area contributed by atoms with Gasteiger partial charge in [-0.3, -0.25) is 14.2 Å². The van der Waals surface area contributed by atoms with Gasteiger partial charge in [0.05, 0.1) is 23.0 Å². The lowest BCUT2D eigenvalue weighted by atomic mass is 9.97. The number of aromatic hydroxyl groups is 1. The molecule has 0 fully saturated rings. The second-order valence-corrected chi connectivity index (χ2v) is 9.93. The van der Waals surface area contributed by atoms with Crippen LogP contribution in [0.1, 0.15) is 28.8 Å². The van der Waals surface area contributed by atoms with Crippen LogP contribution in [0.15, 0.2) is 69.6 Å². The predicted molar refractivity (Wildman–Crippen MR) is 136 cm³/mol. The van der Waals surface area contributed by atoms with E-state index in [1.54, 1.807) is 40.2 Å². The minimum absolute atomic E-state index is 0.0357. The van der Waals surface area contributed by atoms with Crippen molar-refractivity contribution in [2.24, 2.45) is 5.10 Å². The number of rotatable bonds is 6. The number of hydrogen-bond donors (Lipinski definition) is 2. The summed E-state index contributed by atoms with van der Waals surface area (Å²) in [4.78, 5) is 32.9. The highest BCUT2D eigenvalue weighted by Crippen LogP contribution is 2.35. The summed E-state index contributed by atoms with van der Waals surface area (Å²) in [6.07, 6.45) is 5.50. The maximum atomic E-state index is 13.7. The SMILES string of the molecule is O=C(CSc1nc2sc3c(c2c(=O)n1-c1ccccc1)CCCC3)NN=Cc1ccccc1O. The molecule has 1 aliphatic rings. The number of thioether (sulfide) groups is 1. The highest BCUT2D eigenvalue weighted by Gasteiger charge is 2.23. The lowest BCUT2D eigenvalue weighted by molar-refractivity contribution is -0.118. The summed E-state index contributed by atoms with van der Waals surface area (Å²) in [5.74, 6) is -0.220. The number of nitrogens with zero attached hydrogens (tertiary/aromatic N) is 3. The zero-order chi connectivity index (χ0) is 23.5. The fourth-order valence-corrected chi connectivity index (χ4v) is 6.13. The van der Waals surface area contributed by atoms with Crippen LogP contribution in [0.3, 0.4) is 0 Å². The van der Waals surface area contributed by atoms with Crippen molar-refractivity contribution in [1.29, 1.82) is 0 Å². The number of amides is 1. The van der Waals surface area contributed by atoms with Crippen molar-refractivity contribution in [3.8, 4) is 11.4 Å². The number of thiophene rings is 1. The lowest BCUT2D eigenvalue weighted by Gasteiger charge is -2.13. The normalized spacial score (nSPS) is 13.3. The first-order chi connectivity index (χ1) is 16.6. The first kappa shape index (κ1) is 22.4. The molecular formula is C25H22N4O3S2. The van der Waals surface area contributed by atoms with Crippen LogP contribution in [0.25, 0.3) is 15.9 Å². The summed E-state index contributed by atoms with van der Waals surface area (Å²) >= 11 is 2.79. The highest BCUT2D eigenvalue weighted by atomic mass is 32.2. The van der Waals surface area contributed by atoms with E-state index >= 15 is 0 Å². The van der Waals surface area contributed by atoms with E-state index in [0.29, 0.717) is 16.1 Å². The number of hydrogen-bond acceptors (Lipinski definition) is 7. The van der Waals surface area contributed by atoms with Gasteiger partial charge in [0.15, 0.2) is 5.16 Å². The summed E-state index contributed by atoms with van der Waals surface area (Å²) in [6, 6.07) is 16.1. The molecule has 0 radical (unpaired) electrons. The quantitative estimate of drug-likeness (QED) is 0.182.